The Hall–Kier alpha value is -2.97. The van der Waals surface area contributed by atoms with Crippen molar-refractivity contribution in [3.63, 3.8) is 0 Å². The van der Waals surface area contributed by atoms with Gasteiger partial charge in [-0.25, -0.2) is 4.79 Å². The standard InChI is InChI=1S/C26H28N2O4S2/c1-26(2,3)28(17-19-8-6-5-7-9-19)22(29)14-15-27-23(30)21(34-25(27)33)16-18-10-12-20(13-11-18)24(31)32-4/h5-13,16H,14-15,17H2,1-4H3/b21-16+. The molecule has 8 heteroatoms. The van der Waals surface area contributed by atoms with E-state index >= 15 is 0 Å². The van der Waals surface area contributed by atoms with E-state index < -0.39 is 5.97 Å². The maximum atomic E-state index is 13.1. The molecule has 0 spiro atoms. The van der Waals surface area contributed by atoms with E-state index in [2.05, 4.69) is 0 Å². The van der Waals surface area contributed by atoms with Gasteiger partial charge in [0.25, 0.3) is 5.91 Å². The second-order valence-corrected chi connectivity index (χ2v) is 10.5. The van der Waals surface area contributed by atoms with E-state index in [1.807, 2.05) is 56.0 Å². The predicted octanol–water partition coefficient (Wildman–Crippen LogP) is 4.89. The number of carbonyl (C=O) groups is 3. The van der Waals surface area contributed by atoms with Crippen LogP contribution in [0.15, 0.2) is 59.5 Å². The van der Waals surface area contributed by atoms with Crippen LogP contribution in [0, 0.1) is 0 Å². The van der Waals surface area contributed by atoms with Gasteiger partial charge in [0.2, 0.25) is 5.91 Å². The van der Waals surface area contributed by atoms with Crippen LogP contribution in [0.25, 0.3) is 6.08 Å². The minimum Gasteiger partial charge on any atom is -0.465 e. The van der Waals surface area contributed by atoms with E-state index in [0.717, 1.165) is 11.1 Å². The molecule has 0 aliphatic carbocycles. The third-order valence-electron chi connectivity index (χ3n) is 5.35. The molecule has 1 heterocycles. The van der Waals surface area contributed by atoms with Gasteiger partial charge >= 0.3 is 5.97 Å². The molecule has 2 aromatic rings. The van der Waals surface area contributed by atoms with Gasteiger partial charge in [-0.15, -0.1) is 0 Å². The molecule has 0 radical (unpaired) electrons. The van der Waals surface area contributed by atoms with E-state index in [1.165, 1.54) is 23.8 Å². The van der Waals surface area contributed by atoms with Gasteiger partial charge in [-0.3, -0.25) is 14.5 Å². The third kappa shape index (κ3) is 6.33. The second-order valence-electron chi connectivity index (χ2n) is 8.83. The minimum absolute atomic E-state index is 0.0345. The number of hydrogen-bond donors (Lipinski definition) is 0. The summed E-state index contributed by atoms with van der Waals surface area (Å²) in [5, 5.41) is 0. The second kappa shape index (κ2) is 11.0. The maximum Gasteiger partial charge on any atom is 0.337 e. The topological polar surface area (TPSA) is 66.9 Å². The van der Waals surface area contributed by atoms with Crippen LogP contribution in [0.1, 0.15) is 48.7 Å². The Bertz CT molecular complexity index is 1110. The van der Waals surface area contributed by atoms with Crippen LogP contribution in [0.3, 0.4) is 0 Å². The van der Waals surface area contributed by atoms with Gasteiger partial charge < -0.3 is 9.64 Å². The Morgan fingerprint density at radius 3 is 2.32 bits per heavy atom. The molecule has 3 rings (SSSR count). The van der Waals surface area contributed by atoms with Crippen molar-refractivity contribution in [3.8, 4) is 0 Å². The van der Waals surface area contributed by atoms with Gasteiger partial charge in [0.15, 0.2) is 0 Å². The normalized spacial score (nSPS) is 15.1. The first-order valence-corrected chi connectivity index (χ1v) is 12.1. The van der Waals surface area contributed by atoms with Crippen LogP contribution in [0.2, 0.25) is 0 Å². The van der Waals surface area contributed by atoms with Crippen LogP contribution in [0.4, 0.5) is 0 Å². The monoisotopic (exact) mass is 496 g/mol. The Balaban J connectivity index is 1.66. The van der Waals surface area contributed by atoms with Crippen molar-refractivity contribution in [2.75, 3.05) is 13.7 Å². The van der Waals surface area contributed by atoms with Crippen LogP contribution < -0.4 is 0 Å². The molecular weight excluding hydrogens is 468 g/mol. The van der Waals surface area contributed by atoms with Crippen molar-refractivity contribution < 1.29 is 19.1 Å². The van der Waals surface area contributed by atoms with Crippen LogP contribution in [-0.2, 0) is 20.9 Å². The Kier molecular flexibility index (Phi) is 8.28. The highest BCUT2D eigenvalue weighted by molar-refractivity contribution is 8.26. The number of methoxy groups -OCH3 is 1. The highest BCUT2D eigenvalue weighted by atomic mass is 32.2. The first-order valence-electron chi connectivity index (χ1n) is 10.9. The quantitative estimate of drug-likeness (QED) is 0.309. The number of rotatable bonds is 7. The fourth-order valence-corrected chi connectivity index (χ4v) is 4.79. The smallest absolute Gasteiger partial charge is 0.337 e. The van der Waals surface area contributed by atoms with Crippen molar-refractivity contribution in [3.05, 3.63) is 76.2 Å². The van der Waals surface area contributed by atoms with E-state index in [1.54, 1.807) is 30.3 Å². The molecular formula is C26H28N2O4S2. The lowest BCUT2D eigenvalue weighted by Gasteiger charge is -2.36. The number of thiocarbonyl (C=S) groups is 1. The van der Waals surface area contributed by atoms with Gasteiger partial charge in [-0.1, -0.05) is 66.4 Å². The summed E-state index contributed by atoms with van der Waals surface area (Å²) in [6.07, 6.45) is 1.91. The molecule has 2 aromatic carbocycles. The van der Waals surface area contributed by atoms with E-state index in [-0.39, 0.29) is 30.3 Å². The first kappa shape index (κ1) is 25.6. The fraction of sp³-hybridized carbons (Fsp3) is 0.308. The van der Waals surface area contributed by atoms with Gasteiger partial charge in [0.05, 0.1) is 17.6 Å². The number of benzene rings is 2. The summed E-state index contributed by atoms with van der Waals surface area (Å²) >= 11 is 6.63. The Morgan fingerprint density at radius 2 is 1.74 bits per heavy atom. The van der Waals surface area contributed by atoms with Crippen molar-refractivity contribution in [2.24, 2.45) is 0 Å². The molecule has 34 heavy (non-hydrogen) atoms. The predicted molar refractivity (Wildman–Crippen MR) is 139 cm³/mol. The molecule has 6 nitrogen and oxygen atoms in total. The molecule has 0 bridgehead atoms. The molecule has 178 valence electrons. The van der Waals surface area contributed by atoms with Crippen molar-refractivity contribution in [1.82, 2.24) is 9.80 Å². The van der Waals surface area contributed by atoms with Crippen LogP contribution >= 0.6 is 24.0 Å². The van der Waals surface area contributed by atoms with Crippen molar-refractivity contribution in [1.29, 1.82) is 0 Å². The van der Waals surface area contributed by atoms with Crippen molar-refractivity contribution >= 4 is 52.2 Å². The molecule has 0 atom stereocenters. The van der Waals surface area contributed by atoms with Gasteiger partial charge in [0, 0.05) is 25.0 Å². The molecule has 0 unspecified atom stereocenters. The molecule has 1 saturated heterocycles. The molecule has 2 amide bonds. The summed E-state index contributed by atoms with van der Waals surface area (Å²) in [5.74, 6) is -0.669. The molecule has 0 saturated carbocycles. The van der Waals surface area contributed by atoms with E-state index in [0.29, 0.717) is 21.3 Å². The molecule has 1 aliphatic heterocycles. The number of hydrogen-bond acceptors (Lipinski definition) is 6. The summed E-state index contributed by atoms with van der Waals surface area (Å²) in [7, 11) is 1.33. The molecule has 0 aromatic heterocycles. The summed E-state index contributed by atoms with van der Waals surface area (Å²) < 4.78 is 5.14. The average Bonchev–Trinajstić information content (AvgIpc) is 3.07. The number of esters is 1. The first-order chi connectivity index (χ1) is 16.1. The lowest BCUT2D eigenvalue weighted by Crippen LogP contribution is -2.46. The number of thioether (sulfide) groups is 1. The van der Waals surface area contributed by atoms with Gasteiger partial charge in [-0.2, -0.15) is 0 Å². The largest absolute Gasteiger partial charge is 0.465 e. The van der Waals surface area contributed by atoms with Gasteiger partial charge in [0.1, 0.15) is 4.32 Å². The van der Waals surface area contributed by atoms with E-state index in [4.69, 9.17) is 17.0 Å². The SMILES string of the molecule is COC(=O)c1ccc(/C=C2/SC(=S)N(CCC(=O)N(Cc3ccccc3)C(C)(C)C)C2=O)cc1. The highest BCUT2D eigenvalue weighted by Crippen LogP contribution is 2.33. The summed E-state index contributed by atoms with van der Waals surface area (Å²) in [5.41, 5.74) is 1.90. The summed E-state index contributed by atoms with van der Waals surface area (Å²) in [6, 6.07) is 16.6. The number of carbonyl (C=O) groups excluding carboxylic acids is 3. The lowest BCUT2D eigenvalue weighted by atomic mass is 10.0. The zero-order valence-corrected chi connectivity index (χ0v) is 21.4. The highest BCUT2D eigenvalue weighted by Gasteiger charge is 2.33. The Morgan fingerprint density at radius 1 is 1.09 bits per heavy atom. The molecule has 1 fully saturated rings. The number of amides is 2. The zero-order chi connectivity index (χ0) is 24.9. The minimum atomic E-state index is -0.417. The summed E-state index contributed by atoms with van der Waals surface area (Å²) in [6.45, 7) is 6.73. The van der Waals surface area contributed by atoms with Gasteiger partial charge in [-0.05, 0) is 50.1 Å². The number of nitrogens with zero attached hydrogens (tertiary/aromatic N) is 2. The van der Waals surface area contributed by atoms with Crippen LogP contribution in [0.5, 0.6) is 0 Å². The van der Waals surface area contributed by atoms with Crippen LogP contribution in [-0.4, -0.2) is 51.1 Å². The summed E-state index contributed by atoms with van der Waals surface area (Å²) in [4.78, 5) is 41.5. The Labute approximate surface area is 210 Å². The maximum absolute atomic E-state index is 13.1. The average molecular weight is 497 g/mol. The molecule has 0 N–H and O–H groups in total. The lowest BCUT2D eigenvalue weighted by molar-refractivity contribution is -0.137. The zero-order valence-electron chi connectivity index (χ0n) is 19.7. The van der Waals surface area contributed by atoms with E-state index in [9.17, 15) is 14.4 Å². The fourth-order valence-electron chi connectivity index (χ4n) is 3.49. The number of ether oxygens (including phenoxy) is 1. The third-order valence-corrected chi connectivity index (χ3v) is 6.72. The molecule has 1 aliphatic rings. The van der Waals surface area contributed by atoms with Crippen molar-refractivity contribution in [2.45, 2.75) is 39.3 Å².